The molecule has 3 heterocycles. The molecule has 0 amide bonds. The van der Waals surface area contributed by atoms with Crippen LogP contribution in [0.1, 0.15) is 80.2 Å². The van der Waals surface area contributed by atoms with Gasteiger partial charge in [-0.25, -0.2) is 4.39 Å². The number of ether oxygens (including phenoxy) is 1. The minimum atomic E-state index is -0.456. The van der Waals surface area contributed by atoms with E-state index in [-0.39, 0.29) is 0 Å². The summed E-state index contributed by atoms with van der Waals surface area (Å²) >= 11 is 0. The Morgan fingerprint density at radius 1 is 1.00 bits per heavy atom. The summed E-state index contributed by atoms with van der Waals surface area (Å²) in [6, 6.07) is 4.44. The largest absolute Gasteiger partial charge is 0.455 e. The molecule has 3 aliphatic heterocycles. The first-order chi connectivity index (χ1) is 15.7. The molecule has 170 valence electrons. The van der Waals surface area contributed by atoms with Gasteiger partial charge in [-0.2, -0.15) is 0 Å². The van der Waals surface area contributed by atoms with Gasteiger partial charge in [0.25, 0.3) is 0 Å². The highest BCUT2D eigenvalue weighted by Crippen LogP contribution is 2.47. The van der Waals surface area contributed by atoms with Crippen molar-refractivity contribution in [3.8, 4) is 11.5 Å². The van der Waals surface area contributed by atoms with Crippen LogP contribution in [0.4, 0.5) is 10.1 Å². The predicted octanol–water partition coefficient (Wildman–Crippen LogP) is 5.76. The van der Waals surface area contributed by atoms with Gasteiger partial charge in [-0.05, 0) is 79.8 Å². The number of unbranched alkanes of at least 4 members (excludes halogenated alkanes) is 2. The predicted molar refractivity (Wildman–Crippen MR) is 132 cm³/mol. The van der Waals surface area contributed by atoms with Gasteiger partial charge in [0.2, 0.25) is 0 Å². The third-order valence-electron chi connectivity index (χ3n) is 7.63. The van der Waals surface area contributed by atoms with Gasteiger partial charge in [-0.15, -0.1) is 0 Å². The van der Waals surface area contributed by atoms with Crippen LogP contribution in [0.5, 0.6) is 11.5 Å². The Morgan fingerprint density at radius 2 is 1.75 bits per heavy atom. The summed E-state index contributed by atoms with van der Waals surface area (Å²) in [4.78, 5) is 2.53. The van der Waals surface area contributed by atoms with Gasteiger partial charge in [0.15, 0.2) is 0 Å². The lowest BCUT2D eigenvalue weighted by Crippen LogP contribution is -2.35. The van der Waals surface area contributed by atoms with E-state index >= 15 is 0 Å². The number of hydrogen-bond acceptors (Lipinski definition) is 2. The Labute approximate surface area is 191 Å². The second-order valence-electron chi connectivity index (χ2n) is 9.72. The van der Waals surface area contributed by atoms with Crippen molar-refractivity contribution in [2.45, 2.75) is 78.1 Å². The molecule has 0 saturated carbocycles. The molecule has 2 aromatic rings. The molecular formula is C29H36FNO. The second-order valence-corrected chi connectivity index (χ2v) is 9.72. The molecule has 0 spiro atoms. The molecular weight excluding hydrogens is 397 g/mol. The Kier molecular flexibility index (Phi) is 6.01. The van der Waals surface area contributed by atoms with Gasteiger partial charge in [-0.1, -0.05) is 33.3 Å². The Bertz CT molecular complexity index is 1150. The molecule has 3 aliphatic rings. The molecule has 0 saturated heterocycles. The zero-order valence-electron chi connectivity index (χ0n) is 19.8. The third kappa shape index (κ3) is 3.45. The van der Waals surface area contributed by atoms with Crippen molar-refractivity contribution < 1.29 is 9.13 Å². The van der Waals surface area contributed by atoms with Crippen LogP contribution in [0.3, 0.4) is 0 Å². The number of rotatable bonds is 7. The van der Waals surface area contributed by atoms with Crippen molar-refractivity contribution in [2.24, 2.45) is 0 Å². The first-order valence-electron chi connectivity index (χ1n) is 12.7. The number of anilines is 1. The molecule has 3 heteroatoms. The van der Waals surface area contributed by atoms with E-state index in [1.54, 1.807) is 0 Å². The molecule has 0 bridgehead atoms. The Hall–Kier alpha value is -2.29. The van der Waals surface area contributed by atoms with Gasteiger partial charge in [0.05, 0.1) is 0 Å². The van der Waals surface area contributed by atoms with Crippen molar-refractivity contribution in [1.82, 2.24) is 0 Å². The minimum Gasteiger partial charge on any atom is -0.455 e. The van der Waals surface area contributed by atoms with Crippen molar-refractivity contribution in [2.75, 3.05) is 24.7 Å². The van der Waals surface area contributed by atoms with Crippen LogP contribution >= 0.6 is 0 Å². The summed E-state index contributed by atoms with van der Waals surface area (Å²) in [6.45, 7) is 10.7. The maximum atomic E-state index is 14.7. The van der Waals surface area contributed by atoms with Crippen molar-refractivity contribution in [3.63, 3.8) is 0 Å². The van der Waals surface area contributed by atoms with Gasteiger partial charge in [0.1, 0.15) is 18.2 Å². The molecule has 0 radical (unpaired) electrons. The van der Waals surface area contributed by atoms with Crippen LogP contribution in [-0.4, -0.2) is 19.8 Å². The summed E-state index contributed by atoms with van der Waals surface area (Å²) in [6.07, 6.45) is 10.9. The molecule has 0 N–H and O–H groups in total. The Morgan fingerprint density at radius 3 is 2.50 bits per heavy atom. The monoisotopic (exact) mass is 433 g/mol. The van der Waals surface area contributed by atoms with Gasteiger partial charge in [-0.3, -0.25) is 0 Å². The van der Waals surface area contributed by atoms with Gasteiger partial charge in [0, 0.05) is 46.3 Å². The Balaban J connectivity index is 1.78. The van der Waals surface area contributed by atoms with Crippen molar-refractivity contribution in [3.05, 3.63) is 50.4 Å². The normalized spacial score (nSPS) is 16.3. The number of aryl methyl sites for hydroxylation is 2. The first kappa shape index (κ1) is 21.6. The average Bonchev–Trinajstić information content (AvgIpc) is 2.82. The summed E-state index contributed by atoms with van der Waals surface area (Å²) < 4.78 is 21.5. The summed E-state index contributed by atoms with van der Waals surface area (Å²) in [5, 5.41) is 2.08. The lowest BCUT2D eigenvalue weighted by Gasteiger charge is -2.39. The van der Waals surface area contributed by atoms with E-state index in [0.29, 0.717) is 0 Å². The lowest BCUT2D eigenvalue weighted by atomic mass is 9.85. The van der Waals surface area contributed by atoms with E-state index in [0.717, 1.165) is 104 Å². The summed E-state index contributed by atoms with van der Waals surface area (Å²) in [5.74, 6) is 1.81. The van der Waals surface area contributed by atoms with Crippen LogP contribution in [-0.2, 0) is 25.7 Å². The van der Waals surface area contributed by atoms with Crippen molar-refractivity contribution >= 4 is 17.8 Å². The molecule has 0 fully saturated rings. The number of benzene rings is 2. The first-order valence-corrected chi connectivity index (χ1v) is 12.7. The van der Waals surface area contributed by atoms with Crippen LogP contribution in [0.25, 0.3) is 12.2 Å². The number of fused-ring (bicyclic) bond motifs is 3. The maximum Gasteiger partial charge on any atom is 0.140 e. The van der Waals surface area contributed by atoms with Crippen LogP contribution in [0.15, 0.2) is 12.1 Å². The number of nitrogens with zero attached hydrogens (tertiary/aromatic N) is 1. The van der Waals surface area contributed by atoms with E-state index in [9.17, 15) is 4.39 Å². The smallest absolute Gasteiger partial charge is 0.140 e. The van der Waals surface area contributed by atoms with E-state index in [2.05, 4.69) is 37.5 Å². The molecule has 2 aromatic carbocycles. The standard InChI is InChI=1S/C29H36FNO/c1-4-6-10-20-16-24-26(18-30)25-17-21-11-8-14-31-15-9-13-23(27(21)31)29(25)32-28(24)22(19(20)3)12-7-5-2/h16-17H,3-15,18H2,1-2H3. The van der Waals surface area contributed by atoms with E-state index in [4.69, 9.17) is 4.74 Å². The average molecular weight is 434 g/mol. The molecule has 0 aliphatic carbocycles. The quantitative estimate of drug-likeness (QED) is 0.551. The topological polar surface area (TPSA) is 12.5 Å². The number of hydrogen-bond donors (Lipinski definition) is 0. The van der Waals surface area contributed by atoms with E-state index in [1.807, 2.05) is 0 Å². The highest BCUT2D eigenvalue weighted by Gasteiger charge is 2.32. The highest BCUT2D eigenvalue weighted by molar-refractivity contribution is 5.82. The van der Waals surface area contributed by atoms with E-state index < -0.39 is 6.67 Å². The second kappa shape index (κ2) is 8.92. The lowest BCUT2D eigenvalue weighted by molar-refractivity contribution is 0.449. The SMILES string of the molecule is C=c1c(CCCC)cc2c(c1CCCC)Oc1c(cc3c4c1CCCN4CCC3)C=2CF. The van der Waals surface area contributed by atoms with Gasteiger partial charge < -0.3 is 9.64 Å². The fraction of sp³-hybridized carbons (Fsp3) is 0.517. The molecule has 32 heavy (non-hydrogen) atoms. The third-order valence-corrected chi connectivity index (χ3v) is 7.63. The van der Waals surface area contributed by atoms with Crippen LogP contribution < -0.4 is 20.1 Å². The maximum absolute atomic E-state index is 14.7. The molecule has 0 atom stereocenters. The fourth-order valence-electron chi connectivity index (χ4n) is 5.93. The van der Waals surface area contributed by atoms with Crippen molar-refractivity contribution in [1.29, 1.82) is 0 Å². The minimum absolute atomic E-state index is 0.456. The fourth-order valence-corrected chi connectivity index (χ4v) is 5.93. The van der Waals surface area contributed by atoms with Gasteiger partial charge >= 0.3 is 0 Å². The van der Waals surface area contributed by atoms with Crippen LogP contribution in [0.2, 0.25) is 0 Å². The molecule has 5 rings (SSSR count). The number of alkyl halides is 1. The number of halogens is 1. The van der Waals surface area contributed by atoms with Crippen LogP contribution in [0, 0.1) is 0 Å². The zero-order chi connectivity index (χ0) is 22.2. The summed E-state index contributed by atoms with van der Waals surface area (Å²) in [7, 11) is 0. The highest BCUT2D eigenvalue weighted by atomic mass is 19.1. The molecule has 2 nitrogen and oxygen atoms in total. The van der Waals surface area contributed by atoms with E-state index in [1.165, 1.54) is 34.4 Å². The molecule has 0 unspecified atom stereocenters. The summed E-state index contributed by atoms with van der Waals surface area (Å²) in [5.41, 5.74) is 8.35. The zero-order valence-corrected chi connectivity index (χ0v) is 19.8. The molecule has 0 aromatic heterocycles.